The average molecular weight is 407 g/mol. The second-order valence-corrected chi connectivity index (χ2v) is 7.49. The molecular formula is C18H16F3N5OS. The summed E-state index contributed by atoms with van der Waals surface area (Å²) in [4.78, 5) is 12.6. The molecule has 1 fully saturated rings. The van der Waals surface area contributed by atoms with Gasteiger partial charge in [0.2, 0.25) is 5.95 Å². The van der Waals surface area contributed by atoms with E-state index in [1.54, 1.807) is 24.4 Å². The summed E-state index contributed by atoms with van der Waals surface area (Å²) in [5.74, 6) is -0.136. The van der Waals surface area contributed by atoms with Gasteiger partial charge in [0.1, 0.15) is 16.3 Å². The topological polar surface area (TPSA) is 83.0 Å². The molecule has 0 bridgehead atoms. The van der Waals surface area contributed by atoms with Gasteiger partial charge in [-0.15, -0.1) is 11.3 Å². The summed E-state index contributed by atoms with van der Waals surface area (Å²) in [6, 6.07) is 7.95. The van der Waals surface area contributed by atoms with Crippen LogP contribution < -0.4 is 10.6 Å². The Labute approximate surface area is 162 Å². The van der Waals surface area contributed by atoms with Gasteiger partial charge < -0.3 is 15.7 Å². The third-order valence-corrected chi connectivity index (χ3v) is 5.63. The molecule has 28 heavy (non-hydrogen) atoms. The van der Waals surface area contributed by atoms with Crippen LogP contribution in [0.4, 0.5) is 24.8 Å². The summed E-state index contributed by atoms with van der Waals surface area (Å²) in [6.45, 7) is 1.20. The molecule has 6 nitrogen and oxygen atoms in total. The van der Waals surface area contributed by atoms with Crippen LogP contribution in [0.25, 0.3) is 10.4 Å². The molecule has 4 rings (SSSR count). The maximum Gasteiger partial charge on any atom is 0.433 e. The number of nitrogens with zero attached hydrogens (tertiary/aromatic N) is 3. The van der Waals surface area contributed by atoms with Crippen LogP contribution in [-0.2, 0) is 11.8 Å². The van der Waals surface area contributed by atoms with E-state index in [9.17, 15) is 18.3 Å². The second-order valence-electron chi connectivity index (χ2n) is 6.46. The van der Waals surface area contributed by atoms with Gasteiger partial charge in [0.15, 0.2) is 0 Å². The number of aliphatic hydroxyl groups is 1. The van der Waals surface area contributed by atoms with Crippen LogP contribution in [0.15, 0.2) is 42.7 Å². The Morgan fingerprint density at radius 1 is 1.21 bits per heavy atom. The number of benzene rings is 1. The zero-order valence-corrected chi connectivity index (χ0v) is 15.3. The number of hydrogen-bond donors (Lipinski definition) is 3. The highest BCUT2D eigenvalue weighted by molar-refractivity contribution is 7.15. The van der Waals surface area contributed by atoms with Crippen molar-refractivity contribution in [1.82, 2.24) is 20.3 Å². The van der Waals surface area contributed by atoms with Crippen molar-refractivity contribution in [3.05, 3.63) is 53.4 Å². The lowest BCUT2D eigenvalue weighted by atomic mass is 10.1. The van der Waals surface area contributed by atoms with Gasteiger partial charge in [0.05, 0.1) is 4.88 Å². The lowest BCUT2D eigenvalue weighted by molar-refractivity contribution is -0.141. The quantitative estimate of drug-likeness (QED) is 0.614. The third-order valence-electron chi connectivity index (χ3n) is 4.39. The van der Waals surface area contributed by atoms with Crippen molar-refractivity contribution in [2.75, 3.05) is 18.4 Å². The predicted octanol–water partition coefficient (Wildman–Crippen LogP) is 3.54. The number of nitrogens with one attached hydrogen (secondary N) is 2. The van der Waals surface area contributed by atoms with E-state index in [4.69, 9.17) is 0 Å². The van der Waals surface area contributed by atoms with Gasteiger partial charge >= 0.3 is 6.18 Å². The van der Waals surface area contributed by atoms with Crippen LogP contribution in [-0.4, -0.2) is 33.1 Å². The molecule has 0 radical (unpaired) electrons. The first-order valence-corrected chi connectivity index (χ1v) is 9.32. The molecule has 1 saturated heterocycles. The molecule has 0 amide bonds. The molecule has 1 aromatic carbocycles. The molecule has 3 heterocycles. The number of alkyl halides is 3. The van der Waals surface area contributed by atoms with Crippen molar-refractivity contribution in [2.45, 2.75) is 18.2 Å². The van der Waals surface area contributed by atoms with E-state index in [1.807, 2.05) is 6.07 Å². The number of rotatable bonds is 4. The summed E-state index contributed by atoms with van der Waals surface area (Å²) in [6.07, 6.45) is -1.17. The Hall–Kier alpha value is -2.56. The predicted molar refractivity (Wildman–Crippen MR) is 99.3 cm³/mol. The van der Waals surface area contributed by atoms with E-state index in [0.29, 0.717) is 23.7 Å². The van der Waals surface area contributed by atoms with Crippen molar-refractivity contribution in [1.29, 1.82) is 0 Å². The molecule has 1 unspecified atom stereocenters. The molecule has 2 aromatic heterocycles. The van der Waals surface area contributed by atoms with Gasteiger partial charge in [-0.05, 0) is 36.7 Å². The molecule has 0 spiro atoms. The first-order valence-electron chi connectivity index (χ1n) is 8.51. The molecule has 1 atom stereocenters. The highest BCUT2D eigenvalue weighted by atomic mass is 32.1. The van der Waals surface area contributed by atoms with Gasteiger partial charge in [-0.1, -0.05) is 12.1 Å². The van der Waals surface area contributed by atoms with E-state index in [-0.39, 0.29) is 5.95 Å². The van der Waals surface area contributed by atoms with Gasteiger partial charge in [0.25, 0.3) is 0 Å². The minimum absolute atomic E-state index is 0.136. The van der Waals surface area contributed by atoms with Crippen LogP contribution >= 0.6 is 11.3 Å². The lowest BCUT2D eigenvalue weighted by Crippen LogP contribution is -2.27. The molecule has 0 saturated carbocycles. The molecule has 3 N–H and O–H groups in total. The fourth-order valence-corrected chi connectivity index (χ4v) is 3.97. The van der Waals surface area contributed by atoms with Gasteiger partial charge in [-0.25, -0.2) is 15.0 Å². The van der Waals surface area contributed by atoms with Gasteiger partial charge in [-0.3, -0.25) is 0 Å². The SMILES string of the molecule is OC1(c2ncc(-c3cccc(Nc4nccc(C(F)(F)F)n4)c3)s2)CCNC1. The van der Waals surface area contributed by atoms with Crippen molar-refractivity contribution < 1.29 is 18.3 Å². The fraction of sp³-hybridized carbons (Fsp3) is 0.278. The summed E-state index contributed by atoms with van der Waals surface area (Å²) < 4.78 is 38.4. The largest absolute Gasteiger partial charge is 0.433 e. The van der Waals surface area contributed by atoms with Crippen LogP contribution in [0, 0.1) is 0 Å². The molecule has 1 aliphatic heterocycles. The van der Waals surface area contributed by atoms with E-state index in [0.717, 1.165) is 29.2 Å². The summed E-state index contributed by atoms with van der Waals surface area (Å²) in [5, 5.41) is 17.2. The van der Waals surface area contributed by atoms with Crippen LogP contribution in [0.1, 0.15) is 17.1 Å². The normalized spacial score (nSPS) is 19.7. The van der Waals surface area contributed by atoms with Gasteiger partial charge in [-0.2, -0.15) is 13.2 Å². The molecule has 10 heteroatoms. The molecular weight excluding hydrogens is 391 g/mol. The highest BCUT2D eigenvalue weighted by Gasteiger charge is 2.36. The van der Waals surface area contributed by atoms with Crippen molar-refractivity contribution in [2.24, 2.45) is 0 Å². The first-order chi connectivity index (χ1) is 13.3. The Bertz CT molecular complexity index is 985. The van der Waals surface area contributed by atoms with Crippen molar-refractivity contribution >= 4 is 23.0 Å². The van der Waals surface area contributed by atoms with Crippen LogP contribution in [0.2, 0.25) is 0 Å². The van der Waals surface area contributed by atoms with E-state index in [2.05, 4.69) is 25.6 Å². The van der Waals surface area contributed by atoms with Crippen LogP contribution in [0.3, 0.4) is 0 Å². The lowest BCUT2D eigenvalue weighted by Gasteiger charge is -2.17. The van der Waals surface area contributed by atoms with Crippen LogP contribution in [0.5, 0.6) is 0 Å². The minimum Gasteiger partial charge on any atom is -0.381 e. The maximum atomic E-state index is 12.8. The summed E-state index contributed by atoms with van der Waals surface area (Å²) in [5.41, 5.74) is -0.583. The van der Waals surface area contributed by atoms with Gasteiger partial charge in [0, 0.05) is 24.6 Å². The number of halogens is 3. The first kappa shape index (κ1) is 18.8. The summed E-state index contributed by atoms with van der Waals surface area (Å²) in [7, 11) is 0. The molecule has 146 valence electrons. The number of aromatic nitrogens is 3. The minimum atomic E-state index is -4.53. The third kappa shape index (κ3) is 3.84. The highest BCUT2D eigenvalue weighted by Crippen LogP contribution is 2.36. The molecule has 0 aliphatic carbocycles. The number of thiazole rings is 1. The Morgan fingerprint density at radius 2 is 2.07 bits per heavy atom. The van der Waals surface area contributed by atoms with E-state index >= 15 is 0 Å². The monoisotopic (exact) mass is 407 g/mol. The van der Waals surface area contributed by atoms with Crippen molar-refractivity contribution in [3.8, 4) is 10.4 Å². The van der Waals surface area contributed by atoms with E-state index < -0.39 is 17.5 Å². The number of hydrogen-bond acceptors (Lipinski definition) is 7. The average Bonchev–Trinajstić information content (AvgIpc) is 3.32. The van der Waals surface area contributed by atoms with Crippen molar-refractivity contribution in [3.63, 3.8) is 0 Å². The Kier molecular flexibility index (Phi) is 4.77. The number of β-amino-alcohol motifs (C(OH)–C–C–N with tert-alkyl or cyclic N) is 1. The fourth-order valence-electron chi connectivity index (χ4n) is 2.94. The maximum absolute atomic E-state index is 12.8. The van der Waals surface area contributed by atoms with E-state index in [1.165, 1.54) is 11.3 Å². The number of anilines is 2. The molecule has 3 aromatic rings. The zero-order chi connectivity index (χ0) is 19.8. The second kappa shape index (κ2) is 7.12. The standard InChI is InChI=1S/C18H16F3N5OS/c19-18(20,21)14-4-6-23-16(26-14)25-12-3-1-2-11(8-12)13-9-24-15(28-13)17(27)5-7-22-10-17/h1-4,6,8-9,22,27H,5,7,10H2,(H,23,25,26). The Balaban J connectivity index is 1.57. The zero-order valence-electron chi connectivity index (χ0n) is 14.5. The Morgan fingerprint density at radius 3 is 2.82 bits per heavy atom. The smallest absolute Gasteiger partial charge is 0.381 e. The summed E-state index contributed by atoms with van der Waals surface area (Å²) >= 11 is 1.39. The molecule has 1 aliphatic rings.